The van der Waals surface area contributed by atoms with Gasteiger partial charge in [0.15, 0.2) is 6.21 Å². The molecule has 31 heavy (non-hydrogen) atoms. The van der Waals surface area contributed by atoms with Crippen molar-refractivity contribution in [3.8, 4) is 0 Å². The third-order valence-electron chi connectivity index (χ3n) is 5.71. The highest BCUT2D eigenvalue weighted by Crippen LogP contribution is 2.25. The number of fused-ring (bicyclic) bond motifs is 1. The molecule has 1 fully saturated rings. The van der Waals surface area contributed by atoms with Gasteiger partial charge in [0.2, 0.25) is 0 Å². The molecule has 0 radical (unpaired) electrons. The van der Waals surface area contributed by atoms with Crippen LogP contribution >= 0.6 is 0 Å². The number of benzene rings is 1. The molecule has 6 N–H and O–H groups in total. The summed E-state index contributed by atoms with van der Waals surface area (Å²) < 4.78 is 27.6. The molecule has 9 heteroatoms. The van der Waals surface area contributed by atoms with Crippen LogP contribution in [0.25, 0.3) is 5.65 Å². The van der Waals surface area contributed by atoms with Crippen LogP contribution in [-0.2, 0) is 0 Å². The molecule has 4 rings (SSSR count). The number of alkyl halides is 2. The van der Waals surface area contributed by atoms with Crippen LogP contribution in [0.5, 0.6) is 0 Å². The van der Waals surface area contributed by atoms with E-state index in [1.807, 2.05) is 6.07 Å². The lowest BCUT2D eigenvalue weighted by atomic mass is 9.91. The van der Waals surface area contributed by atoms with E-state index < -0.39 is 6.43 Å². The maximum atomic E-state index is 13.0. The molecular weight excluding hydrogens is 402 g/mol. The van der Waals surface area contributed by atoms with Gasteiger partial charge in [-0.2, -0.15) is 0 Å². The van der Waals surface area contributed by atoms with E-state index in [1.165, 1.54) is 12.4 Å². The number of rotatable bonds is 6. The van der Waals surface area contributed by atoms with Crippen LogP contribution in [0.15, 0.2) is 42.6 Å². The number of anilines is 2. The van der Waals surface area contributed by atoms with E-state index in [2.05, 4.69) is 15.6 Å². The van der Waals surface area contributed by atoms with Gasteiger partial charge in [-0.25, -0.2) is 13.8 Å². The van der Waals surface area contributed by atoms with Crippen molar-refractivity contribution in [3.05, 3.63) is 59.4 Å². The first kappa shape index (κ1) is 20.8. The molecule has 1 saturated carbocycles. The van der Waals surface area contributed by atoms with Crippen LogP contribution in [0.1, 0.15) is 53.7 Å². The van der Waals surface area contributed by atoms with Crippen LogP contribution < -0.4 is 21.8 Å². The van der Waals surface area contributed by atoms with Crippen molar-refractivity contribution < 1.29 is 19.0 Å². The van der Waals surface area contributed by atoms with Gasteiger partial charge in [-0.1, -0.05) is 12.1 Å². The summed E-state index contributed by atoms with van der Waals surface area (Å²) in [5.74, 6) is 0.521. The van der Waals surface area contributed by atoms with Gasteiger partial charge in [-0.05, 0) is 49.9 Å². The highest BCUT2D eigenvalue weighted by Gasteiger charge is 2.24. The topological polar surface area (TPSA) is 110 Å². The number of nitrogens with two attached hydrogens (primary N) is 2. The summed E-state index contributed by atoms with van der Waals surface area (Å²) in [5, 5.41) is 12.0. The van der Waals surface area contributed by atoms with Crippen LogP contribution in [0.4, 0.5) is 20.3 Å². The van der Waals surface area contributed by atoms with Gasteiger partial charge in [0, 0.05) is 18.3 Å². The number of pyridine rings is 1. The molecule has 2 aromatic heterocycles. The maximum Gasteiger partial charge on any atom is 0.281 e. The molecule has 1 aliphatic rings. The number of halogens is 2. The lowest BCUT2D eigenvalue weighted by molar-refractivity contribution is -0.104. The molecule has 1 amide bonds. The molecule has 7 nitrogen and oxygen atoms in total. The smallest absolute Gasteiger partial charge is 0.281 e. The number of imidazole rings is 1. The zero-order chi connectivity index (χ0) is 22.0. The highest BCUT2D eigenvalue weighted by molar-refractivity contribution is 6.02. The number of aromatic nitrogens is 2. The van der Waals surface area contributed by atoms with Gasteiger partial charge >= 0.3 is 0 Å². The maximum absolute atomic E-state index is 13.0. The zero-order valence-corrected chi connectivity index (χ0v) is 16.9. The van der Waals surface area contributed by atoms with E-state index in [1.54, 1.807) is 34.7 Å². The molecule has 0 bridgehead atoms. The molecule has 0 atom stereocenters. The summed E-state index contributed by atoms with van der Waals surface area (Å²) in [6.45, 7) is 0. The number of nitrogens with one attached hydrogen (secondary N) is 2. The fraction of sp³-hybridized carbons (Fsp3) is 0.318. The molecule has 3 aromatic rings. The Hall–Kier alpha value is -3.49. The second-order valence-electron chi connectivity index (χ2n) is 7.75. The Balaban J connectivity index is 1.37. The van der Waals surface area contributed by atoms with Gasteiger partial charge in [0.1, 0.15) is 17.2 Å². The van der Waals surface area contributed by atoms with E-state index in [0.717, 1.165) is 31.5 Å². The van der Waals surface area contributed by atoms with E-state index in [0.29, 0.717) is 22.5 Å². The van der Waals surface area contributed by atoms with Crippen molar-refractivity contribution in [2.24, 2.45) is 0 Å². The van der Waals surface area contributed by atoms with Gasteiger partial charge in [0.05, 0.1) is 16.8 Å². The quantitative estimate of drug-likeness (QED) is 0.357. The average molecular weight is 427 g/mol. The number of nitrogens with zero attached hydrogens (tertiary/aromatic N) is 2. The Kier molecular flexibility index (Phi) is 5.83. The molecule has 0 spiro atoms. The van der Waals surface area contributed by atoms with Crippen molar-refractivity contribution in [2.45, 2.75) is 44.2 Å². The SMILES string of the molecule is Nc1c(C=[NH2+])cccc1C(=O)NC1CCC(Nc2cccc3nc(C(F)F)cn23)CC1. The summed E-state index contributed by atoms with van der Waals surface area (Å²) in [6, 6.07) is 10.8. The first-order chi connectivity index (χ1) is 15.0. The Morgan fingerprint density at radius 1 is 1.16 bits per heavy atom. The predicted molar refractivity (Wildman–Crippen MR) is 115 cm³/mol. The van der Waals surface area contributed by atoms with Crippen molar-refractivity contribution >= 4 is 29.3 Å². The lowest BCUT2D eigenvalue weighted by Gasteiger charge is -2.30. The largest absolute Gasteiger partial charge is 0.397 e. The third kappa shape index (κ3) is 4.35. The van der Waals surface area contributed by atoms with E-state index >= 15 is 0 Å². The summed E-state index contributed by atoms with van der Waals surface area (Å²) >= 11 is 0. The minimum absolute atomic E-state index is 0.0462. The average Bonchev–Trinajstić information content (AvgIpc) is 3.21. The Morgan fingerprint density at radius 2 is 1.87 bits per heavy atom. The van der Waals surface area contributed by atoms with Crippen molar-refractivity contribution in [1.82, 2.24) is 14.7 Å². The monoisotopic (exact) mass is 427 g/mol. The van der Waals surface area contributed by atoms with Gasteiger partial charge in [0.25, 0.3) is 12.3 Å². The Labute approximate surface area is 178 Å². The number of hydrogen-bond donors (Lipinski definition) is 4. The number of para-hydroxylation sites is 1. The summed E-state index contributed by atoms with van der Waals surface area (Å²) in [5.41, 5.74) is 7.70. The fourth-order valence-corrected chi connectivity index (χ4v) is 4.03. The molecule has 0 aliphatic heterocycles. The number of nitrogen functional groups attached to an aromatic ring is 1. The standard InChI is InChI=1S/C22H24F2N6O/c23-21(24)17-12-30-18(5-2-6-19(30)29-17)27-14-7-9-15(10-8-14)28-22(31)16-4-1-3-13(11-25)20(16)26/h1-6,11-12,14-15,21,25,27H,7-10,26H2,(H,28,31)/p+1. The second-order valence-corrected chi connectivity index (χ2v) is 7.75. The number of carbonyl (C=O) groups excluding carboxylic acids is 1. The van der Waals surface area contributed by atoms with Crippen LogP contribution in [0, 0.1) is 0 Å². The number of carbonyl (C=O) groups is 1. The summed E-state index contributed by atoms with van der Waals surface area (Å²) in [7, 11) is 0. The van der Waals surface area contributed by atoms with Crippen molar-refractivity contribution in [1.29, 1.82) is 0 Å². The normalized spacial score (nSPS) is 18.8. The van der Waals surface area contributed by atoms with Gasteiger partial charge < -0.3 is 16.4 Å². The van der Waals surface area contributed by atoms with Gasteiger partial charge in [-0.3, -0.25) is 14.6 Å². The van der Waals surface area contributed by atoms with Gasteiger partial charge in [-0.15, -0.1) is 0 Å². The predicted octanol–water partition coefficient (Wildman–Crippen LogP) is 2.19. The molecule has 1 aliphatic carbocycles. The molecule has 2 heterocycles. The molecule has 0 saturated heterocycles. The first-order valence-corrected chi connectivity index (χ1v) is 10.2. The number of hydrogen-bond acceptors (Lipinski definition) is 4. The van der Waals surface area contributed by atoms with Crippen LogP contribution in [0.2, 0.25) is 0 Å². The molecule has 0 unspecified atom stereocenters. The minimum Gasteiger partial charge on any atom is -0.397 e. The highest BCUT2D eigenvalue weighted by atomic mass is 19.3. The Bertz CT molecular complexity index is 1100. The van der Waals surface area contributed by atoms with Crippen molar-refractivity contribution in [2.75, 3.05) is 11.1 Å². The van der Waals surface area contributed by atoms with E-state index in [9.17, 15) is 13.6 Å². The second kappa shape index (κ2) is 8.71. The van der Waals surface area contributed by atoms with E-state index in [-0.39, 0.29) is 23.7 Å². The van der Waals surface area contributed by atoms with Crippen LogP contribution in [-0.4, -0.2) is 33.6 Å². The fourth-order valence-electron chi connectivity index (χ4n) is 4.03. The lowest BCUT2D eigenvalue weighted by Crippen LogP contribution is -2.40. The van der Waals surface area contributed by atoms with Crippen molar-refractivity contribution in [3.63, 3.8) is 0 Å². The number of amides is 1. The Morgan fingerprint density at radius 3 is 2.58 bits per heavy atom. The molecular formula is C22H25F2N6O+. The zero-order valence-electron chi connectivity index (χ0n) is 16.9. The minimum atomic E-state index is -2.61. The van der Waals surface area contributed by atoms with Crippen LogP contribution in [0.3, 0.4) is 0 Å². The first-order valence-electron chi connectivity index (χ1n) is 10.2. The molecule has 162 valence electrons. The third-order valence-corrected chi connectivity index (χ3v) is 5.71. The summed E-state index contributed by atoms with van der Waals surface area (Å²) in [4.78, 5) is 16.6. The molecule has 1 aromatic carbocycles. The van der Waals surface area contributed by atoms with E-state index in [4.69, 9.17) is 11.1 Å². The summed E-state index contributed by atoms with van der Waals surface area (Å²) in [6.07, 6.45) is 3.42.